The summed E-state index contributed by atoms with van der Waals surface area (Å²) >= 11 is 0. The highest BCUT2D eigenvalue weighted by molar-refractivity contribution is 6.05. The van der Waals surface area contributed by atoms with Gasteiger partial charge in [-0.2, -0.15) is 0 Å². The molecule has 0 fully saturated rings. The molecule has 3 aromatic rings. The number of benzene rings is 2. The molecule has 1 aliphatic rings. The Morgan fingerprint density at radius 2 is 1.94 bits per heavy atom. The number of fused-ring (bicyclic) bond motifs is 1. The van der Waals surface area contributed by atoms with Crippen molar-refractivity contribution in [2.45, 2.75) is 13.5 Å². The van der Waals surface area contributed by atoms with Gasteiger partial charge in [-0.3, -0.25) is 19.2 Å². The Morgan fingerprint density at radius 3 is 2.70 bits per heavy atom. The molecule has 0 saturated carbocycles. The zero-order valence-corrected chi connectivity index (χ0v) is 17.3. The molecule has 10 nitrogen and oxygen atoms in total. The zero-order valence-electron chi connectivity index (χ0n) is 17.3. The highest BCUT2D eigenvalue weighted by atomic mass is 19.1. The van der Waals surface area contributed by atoms with Gasteiger partial charge in [-0.15, -0.1) is 0 Å². The SMILES string of the molecule is Cc1nc(C(=O)NCc2ccc3c(c2)NC(=O)CO3)[nH]c(=O)c1C(=O)Nc1ccccc1F. The van der Waals surface area contributed by atoms with Crippen molar-refractivity contribution in [2.75, 3.05) is 17.2 Å². The Labute approximate surface area is 186 Å². The van der Waals surface area contributed by atoms with E-state index in [0.29, 0.717) is 17.0 Å². The number of carbonyl (C=O) groups excluding carboxylic acids is 3. The molecule has 168 valence electrons. The predicted molar refractivity (Wildman–Crippen MR) is 116 cm³/mol. The maximum absolute atomic E-state index is 13.8. The van der Waals surface area contributed by atoms with E-state index in [1.807, 2.05) is 0 Å². The van der Waals surface area contributed by atoms with Crippen LogP contribution in [0.2, 0.25) is 0 Å². The maximum atomic E-state index is 13.8. The van der Waals surface area contributed by atoms with Crippen LogP contribution in [0.1, 0.15) is 32.2 Å². The summed E-state index contributed by atoms with van der Waals surface area (Å²) in [5.41, 5.74) is -0.0880. The molecule has 0 bridgehead atoms. The van der Waals surface area contributed by atoms with Gasteiger partial charge in [0.1, 0.15) is 17.1 Å². The van der Waals surface area contributed by atoms with Gasteiger partial charge in [-0.05, 0) is 36.8 Å². The third-order valence-corrected chi connectivity index (χ3v) is 4.79. The van der Waals surface area contributed by atoms with Crippen LogP contribution >= 0.6 is 0 Å². The van der Waals surface area contributed by atoms with Crippen LogP contribution in [0.15, 0.2) is 47.3 Å². The zero-order chi connectivity index (χ0) is 23.5. The van der Waals surface area contributed by atoms with Crippen LogP contribution in [0, 0.1) is 12.7 Å². The van der Waals surface area contributed by atoms with Crippen LogP contribution in [0.25, 0.3) is 0 Å². The van der Waals surface area contributed by atoms with E-state index in [-0.39, 0.29) is 41.8 Å². The molecule has 1 aromatic heterocycles. The number of nitrogens with zero attached hydrogens (tertiary/aromatic N) is 1. The van der Waals surface area contributed by atoms with Crippen molar-refractivity contribution in [3.05, 3.63) is 81.3 Å². The quantitative estimate of drug-likeness (QED) is 0.465. The first-order valence-electron chi connectivity index (χ1n) is 9.82. The van der Waals surface area contributed by atoms with Crippen molar-refractivity contribution in [3.8, 4) is 5.75 Å². The van der Waals surface area contributed by atoms with Crippen molar-refractivity contribution in [3.63, 3.8) is 0 Å². The van der Waals surface area contributed by atoms with Gasteiger partial charge >= 0.3 is 0 Å². The fraction of sp³-hybridized carbons (Fsp3) is 0.136. The van der Waals surface area contributed by atoms with E-state index in [2.05, 4.69) is 25.9 Å². The standard InChI is InChI=1S/C22H18FN5O5/c1-11-18(20(30)27-14-5-3-2-4-13(14)23)21(31)28-19(25-11)22(32)24-9-12-6-7-16-15(8-12)26-17(29)10-33-16/h2-8H,9-10H2,1H3,(H,24,32)(H,26,29)(H,27,30)(H,25,28,31). The summed E-state index contributed by atoms with van der Waals surface area (Å²) in [5.74, 6) is -2.21. The summed E-state index contributed by atoms with van der Waals surface area (Å²) in [6.07, 6.45) is 0. The number of H-pyrrole nitrogens is 1. The summed E-state index contributed by atoms with van der Waals surface area (Å²) in [4.78, 5) is 55.2. The van der Waals surface area contributed by atoms with E-state index < -0.39 is 23.2 Å². The van der Waals surface area contributed by atoms with Gasteiger partial charge < -0.3 is 25.7 Å². The number of halogens is 1. The Bertz CT molecular complexity index is 1340. The number of ether oxygens (including phenoxy) is 1. The van der Waals surface area contributed by atoms with Gasteiger partial charge in [0, 0.05) is 6.54 Å². The second-order valence-electron chi connectivity index (χ2n) is 7.16. The van der Waals surface area contributed by atoms with E-state index in [1.54, 1.807) is 18.2 Å². The number of aromatic nitrogens is 2. The molecular weight excluding hydrogens is 433 g/mol. The van der Waals surface area contributed by atoms with Crippen molar-refractivity contribution >= 4 is 29.1 Å². The van der Waals surface area contributed by atoms with Crippen LogP contribution in [0.4, 0.5) is 15.8 Å². The Morgan fingerprint density at radius 1 is 1.15 bits per heavy atom. The normalized spacial score (nSPS) is 12.2. The molecule has 0 saturated heterocycles. The first kappa shape index (κ1) is 21.7. The highest BCUT2D eigenvalue weighted by Gasteiger charge is 2.20. The topological polar surface area (TPSA) is 142 Å². The summed E-state index contributed by atoms with van der Waals surface area (Å²) in [7, 11) is 0. The van der Waals surface area contributed by atoms with E-state index >= 15 is 0 Å². The van der Waals surface area contributed by atoms with E-state index in [4.69, 9.17) is 4.74 Å². The van der Waals surface area contributed by atoms with Gasteiger partial charge in [0.15, 0.2) is 12.4 Å². The van der Waals surface area contributed by atoms with E-state index in [0.717, 1.165) is 0 Å². The molecule has 0 spiro atoms. The minimum absolute atomic E-state index is 0.00591. The average molecular weight is 451 g/mol. The lowest BCUT2D eigenvalue weighted by molar-refractivity contribution is -0.118. The molecule has 2 aromatic carbocycles. The second-order valence-corrected chi connectivity index (χ2v) is 7.16. The maximum Gasteiger partial charge on any atom is 0.287 e. The molecule has 33 heavy (non-hydrogen) atoms. The third kappa shape index (κ3) is 4.71. The summed E-state index contributed by atoms with van der Waals surface area (Å²) in [6, 6.07) is 10.6. The van der Waals surface area contributed by atoms with Gasteiger partial charge in [0.25, 0.3) is 23.3 Å². The summed E-state index contributed by atoms with van der Waals surface area (Å²) in [5, 5.41) is 7.60. The van der Waals surface area contributed by atoms with Crippen molar-refractivity contribution in [2.24, 2.45) is 0 Å². The first-order chi connectivity index (χ1) is 15.8. The van der Waals surface area contributed by atoms with Crippen molar-refractivity contribution < 1.29 is 23.5 Å². The number of nitrogens with one attached hydrogen (secondary N) is 4. The number of amides is 3. The summed E-state index contributed by atoms with van der Waals surface area (Å²) < 4.78 is 19.1. The number of para-hydroxylation sites is 1. The van der Waals surface area contributed by atoms with Crippen LogP contribution in [0.3, 0.4) is 0 Å². The molecular formula is C22H18FN5O5. The number of rotatable bonds is 5. The lowest BCUT2D eigenvalue weighted by Crippen LogP contribution is -2.32. The van der Waals surface area contributed by atoms with E-state index in [1.165, 1.54) is 31.2 Å². The monoisotopic (exact) mass is 451 g/mol. The van der Waals surface area contributed by atoms with Crippen LogP contribution < -0.4 is 26.2 Å². The molecule has 1 aliphatic heterocycles. The third-order valence-electron chi connectivity index (χ3n) is 4.79. The predicted octanol–water partition coefficient (Wildman–Crippen LogP) is 1.73. The number of carbonyl (C=O) groups is 3. The molecule has 3 amide bonds. The largest absolute Gasteiger partial charge is 0.482 e. The molecule has 0 radical (unpaired) electrons. The second kappa shape index (κ2) is 8.91. The lowest BCUT2D eigenvalue weighted by atomic mass is 10.1. The highest BCUT2D eigenvalue weighted by Crippen LogP contribution is 2.28. The Kier molecular flexibility index (Phi) is 5.85. The molecule has 4 N–H and O–H groups in total. The number of aromatic amines is 1. The molecule has 0 atom stereocenters. The first-order valence-corrected chi connectivity index (χ1v) is 9.82. The van der Waals surface area contributed by atoms with Gasteiger partial charge in [-0.1, -0.05) is 18.2 Å². The minimum Gasteiger partial charge on any atom is -0.482 e. The van der Waals surface area contributed by atoms with Gasteiger partial charge in [0.2, 0.25) is 0 Å². The number of aryl methyl sites for hydroxylation is 1. The lowest BCUT2D eigenvalue weighted by Gasteiger charge is -2.18. The summed E-state index contributed by atoms with van der Waals surface area (Å²) in [6.45, 7) is 1.42. The number of hydrogen-bond donors (Lipinski definition) is 4. The van der Waals surface area contributed by atoms with Gasteiger partial charge in [0.05, 0.1) is 17.1 Å². The fourth-order valence-corrected chi connectivity index (χ4v) is 3.21. The number of hydrogen-bond acceptors (Lipinski definition) is 6. The minimum atomic E-state index is -0.850. The Hall–Kier alpha value is -4.54. The van der Waals surface area contributed by atoms with Crippen LogP contribution in [-0.4, -0.2) is 34.3 Å². The smallest absolute Gasteiger partial charge is 0.287 e. The van der Waals surface area contributed by atoms with Crippen LogP contribution in [-0.2, 0) is 11.3 Å². The molecule has 11 heteroatoms. The van der Waals surface area contributed by atoms with Gasteiger partial charge in [-0.25, -0.2) is 9.37 Å². The van der Waals surface area contributed by atoms with E-state index in [9.17, 15) is 23.6 Å². The Balaban J connectivity index is 1.46. The molecule has 2 heterocycles. The number of anilines is 2. The molecule has 0 aliphatic carbocycles. The van der Waals surface area contributed by atoms with Crippen molar-refractivity contribution in [1.29, 1.82) is 0 Å². The molecule has 4 rings (SSSR count). The van der Waals surface area contributed by atoms with Crippen molar-refractivity contribution in [1.82, 2.24) is 15.3 Å². The van der Waals surface area contributed by atoms with Crippen LogP contribution in [0.5, 0.6) is 5.75 Å². The molecule has 0 unspecified atom stereocenters. The fourth-order valence-electron chi connectivity index (χ4n) is 3.21. The average Bonchev–Trinajstić information content (AvgIpc) is 2.78.